The standard InChI is InChI=1S/C69H112O12/c1-4-7-10-13-16-19-22-25-28-30-31-33-36-39-42-45-48-51-54-57-63(72)80-67-65(74)64(73)66(68(75)76)81-69(67)78-59-60(79-62(71)56-53-50-47-44-41-38-34-27-24-21-18-15-12-9-6-3)58-77-61(70)55-52-49-46-43-40-37-35-32-29-26-23-20-17-14-11-8-5-2/h8-9,11-12,16-21,25-29,34-35,37,60,64-67,69,73-74H,4-7,10,13-15,22-24,30-33,36,38-59H2,1-3H3,(H,75,76)/b11-8-,12-9-,19-16-,20-17-,21-18-,28-25-,29-26-,34-27-,37-35-. The van der Waals surface area contributed by atoms with E-state index in [0.29, 0.717) is 19.3 Å². The maximum atomic E-state index is 13.2. The predicted octanol–water partition coefficient (Wildman–Crippen LogP) is 17.0. The molecule has 1 heterocycles. The molecule has 1 fully saturated rings. The third kappa shape index (κ3) is 45.6. The number of carbonyl (C=O) groups excluding carboxylic acids is 3. The molecule has 0 bridgehead atoms. The number of esters is 3. The summed E-state index contributed by atoms with van der Waals surface area (Å²) in [6.45, 7) is 5.72. The van der Waals surface area contributed by atoms with Crippen molar-refractivity contribution in [3.8, 4) is 0 Å². The molecule has 0 radical (unpaired) electrons. The predicted molar refractivity (Wildman–Crippen MR) is 330 cm³/mol. The van der Waals surface area contributed by atoms with Crippen LogP contribution in [0.15, 0.2) is 109 Å². The summed E-state index contributed by atoms with van der Waals surface area (Å²) in [4.78, 5) is 51.3. The quantitative estimate of drug-likeness (QED) is 0.0228. The summed E-state index contributed by atoms with van der Waals surface area (Å²) in [5.74, 6) is -3.18. The van der Waals surface area contributed by atoms with Crippen LogP contribution in [0, 0.1) is 0 Å². The zero-order chi connectivity index (χ0) is 58.9. The van der Waals surface area contributed by atoms with Crippen molar-refractivity contribution in [2.75, 3.05) is 13.2 Å². The SMILES string of the molecule is CC/C=C\C/C=C\C/C=C\C/C=C\CCCCCCC(=O)OCC(COC1OC(C(=O)O)C(O)C(O)C1OC(=O)CCCCCCCCCCC/C=C\C/C=C\CCCCC)OC(=O)CCCCCCC/C=C\C/C=C\C/C=C\CC. The molecular formula is C69H112O12. The van der Waals surface area contributed by atoms with Gasteiger partial charge in [-0.25, -0.2) is 4.79 Å². The number of carbonyl (C=O) groups is 4. The molecule has 1 aliphatic heterocycles. The van der Waals surface area contributed by atoms with Gasteiger partial charge in [0.1, 0.15) is 18.8 Å². The van der Waals surface area contributed by atoms with Gasteiger partial charge in [-0.2, -0.15) is 0 Å². The Morgan fingerprint density at radius 2 is 0.778 bits per heavy atom. The summed E-state index contributed by atoms with van der Waals surface area (Å²) >= 11 is 0. The minimum Gasteiger partial charge on any atom is -0.479 e. The monoisotopic (exact) mass is 1130 g/mol. The fourth-order valence-electron chi connectivity index (χ4n) is 8.99. The molecule has 6 atom stereocenters. The van der Waals surface area contributed by atoms with Crippen LogP contribution >= 0.6 is 0 Å². The summed E-state index contributed by atoms with van der Waals surface area (Å²) < 4.78 is 28.5. The molecule has 0 spiro atoms. The number of aliphatic hydroxyl groups excluding tert-OH is 2. The Morgan fingerprint density at radius 1 is 0.420 bits per heavy atom. The lowest BCUT2D eigenvalue weighted by molar-refractivity contribution is -0.301. The Kier molecular flexibility index (Phi) is 51.3. The molecule has 0 aromatic heterocycles. The highest BCUT2D eigenvalue weighted by atomic mass is 16.7. The number of unbranched alkanes of at least 4 members (excludes halogenated alkanes) is 21. The van der Waals surface area contributed by atoms with E-state index in [1.54, 1.807) is 0 Å². The van der Waals surface area contributed by atoms with Gasteiger partial charge in [-0.1, -0.05) is 220 Å². The van der Waals surface area contributed by atoms with Crippen molar-refractivity contribution in [1.82, 2.24) is 0 Å². The first-order valence-electron chi connectivity index (χ1n) is 31.9. The van der Waals surface area contributed by atoms with E-state index in [9.17, 15) is 34.5 Å². The number of carboxylic acid groups (broad SMARTS) is 1. The average molecular weight is 1130 g/mol. The zero-order valence-corrected chi connectivity index (χ0v) is 50.7. The molecule has 0 aliphatic carbocycles. The maximum absolute atomic E-state index is 13.2. The number of allylic oxidation sites excluding steroid dienone is 18. The first kappa shape index (κ1) is 74.4. The number of aliphatic carboxylic acids is 1. The summed E-state index contributed by atoms with van der Waals surface area (Å²) in [6.07, 6.45) is 63.3. The van der Waals surface area contributed by atoms with Crippen LogP contribution in [-0.2, 0) is 42.9 Å². The third-order valence-electron chi connectivity index (χ3n) is 13.8. The molecule has 460 valence electrons. The van der Waals surface area contributed by atoms with Crippen molar-refractivity contribution in [2.24, 2.45) is 0 Å². The van der Waals surface area contributed by atoms with Crippen molar-refractivity contribution >= 4 is 23.9 Å². The Hall–Kier alpha value is -4.62. The fraction of sp³-hybridized carbons (Fsp3) is 0.681. The molecule has 6 unspecified atom stereocenters. The number of rotatable bonds is 53. The highest BCUT2D eigenvalue weighted by molar-refractivity contribution is 5.74. The summed E-state index contributed by atoms with van der Waals surface area (Å²) in [6, 6.07) is 0. The lowest BCUT2D eigenvalue weighted by Crippen LogP contribution is -2.61. The van der Waals surface area contributed by atoms with Crippen LogP contribution in [0.5, 0.6) is 0 Å². The zero-order valence-electron chi connectivity index (χ0n) is 50.7. The van der Waals surface area contributed by atoms with Gasteiger partial charge in [0.05, 0.1) is 6.61 Å². The third-order valence-corrected chi connectivity index (χ3v) is 13.8. The van der Waals surface area contributed by atoms with Gasteiger partial charge >= 0.3 is 23.9 Å². The maximum Gasteiger partial charge on any atom is 0.335 e. The summed E-state index contributed by atoms with van der Waals surface area (Å²) in [7, 11) is 0. The number of aliphatic hydroxyl groups is 2. The van der Waals surface area contributed by atoms with Crippen LogP contribution in [0.2, 0.25) is 0 Å². The molecule has 1 rings (SSSR count). The van der Waals surface area contributed by atoms with Crippen molar-refractivity contribution in [2.45, 2.75) is 289 Å². The lowest BCUT2D eigenvalue weighted by atomic mass is 9.98. The summed E-state index contributed by atoms with van der Waals surface area (Å²) in [5.41, 5.74) is 0. The Bertz CT molecular complexity index is 1820. The van der Waals surface area contributed by atoms with Gasteiger partial charge in [-0.15, -0.1) is 0 Å². The lowest BCUT2D eigenvalue weighted by Gasteiger charge is -2.40. The molecular weight excluding hydrogens is 1020 g/mol. The van der Waals surface area contributed by atoms with E-state index >= 15 is 0 Å². The van der Waals surface area contributed by atoms with Gasteiger partial charge in [0.2, 0.25) is 0 Å². The van der Waals surface area contributed by atoms with Crippen LogP contribution in [0.1, 0.15) is 252 Å². The molecule has 0 aromatic rings. The van der Waals surface area contributed by atoms with E-state index in [0.717, 1.165) is 141 Å². The van der Waals surface area contributed by atoms with Gasteiger partial charge in [0, 0.05) is 19.3 Å². The van der Waals surface area contributed by atoms with Gasteiger partial charge in [-0.05, 0) is 122 Å². The van der Waals surface area contributed by atoms with E-state index in [1.807, 2.05) is 0 Å². The number of hydrogen-bond donors (Lipinski definition) is 3. The van der Waals surface area contributed by atoms with Gasteiger partial charge < -0.3 is 39.0 Å². The Labute approximate surface area is 491 Å². The van der Waals surface area contributed by atoms with Gasteiger partial charge in [-0.3, -0.25) is 14.4 Å². The minimum absolute atomic E-state index is 0.0462. The van der Waals surface area contributed by atoms with Crippen LogP contribution in [0.3, 0.4) is 0 Å². The minimum atomic E-state index is -1.92. The first-order chi connectivity index (χ1) is 39.6. The van der Waals surface area contributed by atoms with Crippen molar-refractivity contribution < 1.29 is 58.2 Å². The molecule has 0 aromatic carbocycles. The second-order valence-corrected chi connectivity index (χ2v) is 21.3. The average Bonchev–Trinajstić information content (AvgIpc) is 3.53. The molecule has 12 nitrogen and oxygen atoms in total. The molecule has 0 amide bonds. The molecule has 1 aliphatic rings. The summed E-state index contributed by atoms with van der Waals surface area (Å²) in [5, 5.41) is 31.6. The number of ether oxygens (including phenoxy) is 5. The number of hydrogen-bond acceptors (Lipinski definition) is 11. The molecule has 0 saturated carbocycles. The first-order valence-corrected chi connectivity index (χ1v) is 31.9. The highest BCUT2D eigenvalue weighted by Gasteiger charge is 2.50. The van der Waals surface area contributed by atoms with E-state index in [-0.39, 0.29) is 25.9 Å². The number of carboxylic acids is 1. The molecule has 1 saturated heterocycles. The second kappa shape index (κ2) is 55.9. The molecule has 12 heteroatoms. The Balaban J connectivity index is 2.69. The second-order valence-electron chi connectivity index (χ2n) is 21.3. The van der Waals surface area contributed by atoms with E-state index in [2.05, 4.69) is 130 Å². The smallest absolute Gasteiger partial charge is 0.335 e. The highest BCUT2D eigenvalue weighted by Crippen LogP contribution is 2.26. The molecule has 3 N–H and O–H groups in total. The van der Waals surface area contributed by atoms with Crippen LogP contribution in [0.4, 0.5) is 0 Å². The van der Waals surface area contributed by atoms with E-state index in [1.165, 1.54) is 51.4 Å². The molecule has 81 heavy (non-hydrogen) atoms. The van der Waals surface area contributed by atoms with Crippen LogP contribution < -0.4 is 0 Å². The van der Waals surface area contributed by atoms with Crippen molar-refractivity contribution in [3.63, 3.8) is 0 Å². The largest absolute Gasteiger partial charge is 0.479 e. The topological polar surface area (TPSA) is 175 Å². The fourth-order valence-corrected chi connectivity index (χ4v) is 8.99. The van der Waals surface area contributed by atoms with Crippen LogP contribution in [0.25, 0.3) is 0 Å². The normalized spacial score (nSPS) is 18.5. The Morgan fingerprint density at radius 3 is 1.19 bits per heavy atom. The van der Waals surface area contributed by atoms with E-state index < -0.39 is 67.3 Å². The van der Waals surface area contributed by atoms with Crippen molar-refractivity contribution in [3.05, 3.63) is 109 Å². The van der Waals surface area contributed by atoms with Crippen molar-refractivity contribution in [1.29, 1.82) is 0 Å². The van der Waals surface area contributed by atoms with Crippen LogP contribution in [-0.4, -0.2) is 89.2 Å². The van der Waals surface area contributed by atoms with Gasteiger partial charge in [0.25, 0.3) is 0 Å². The van der Waals surface area contributed by atoms with E-state index in [4.69, 9.17) is 23.7 Å². The van der Waals surface area contributed by atoms with Gasteiger partial charge in [0.15, 0.2) is 24.6 Å².